The molecule has 1 aliphatic carbocycles. The molecule has 0 aromatic heterocycles. The standard InChI is InChI=1S/C14H15Cl2NO/c15-12-8-6-11(7-9-12)10-17(14(16)18)13-4-2-1-3-5-13/h2,4,6-9,13H,1,3,5,10H2. The largest absolute Gasteiger partial charge is 0.318 e. The summed E-state index contributed by atoms with van der Waals surface area (Å²) in [5.74, 6) is 0. The highest BCUT2D eigenvalue weighted by Gasteiger charge is 2.21. The number of halogens is 2. The Morgan fingerprint density at radius 1 is 1.33 bits per heavy atom. The van der Waals surface area contributed by atoms with Gasteiger partial charge in [-0.05, 0) is 48.6 Å². The van der Waals surface area contributed by atoms with Crippen LogP contribution in [0.4, 0.5) is 4.79 Å². The van der Waals surface area contributed by atoms with Crippen LogP contribution in [-0.4, -0.2) is 16.3 Å². The summed E-state index contributed by atoms with van der Waals surface area (Å²) in [6.07, 6.45) is 7.34. The molecule has 4 heteroatoms. The first-order valence-electron chi connectivity index (χ1n) is 6.04. The molecule has 0 fully saturated rings. The van der Waals surface area contributed by atoms with E-state index in [0.29, 0.717) is 11.6 Å². The number of carbonyl (C=O) groups is 1. The van der Waals surface area contributed by atoms with Crippen LogP contribution in [0.2, 0.25) is 5.02 Å². The molecule has 1 unspecified atom stereocenters. The first-order chi connectivity index (χ1) is 8.66. The van der Waals surface area contributed by atoms with Gasteiger partial charge < -0.3 is 4.90 Å². The van der Waals surface area contributed by atoms with Crippen LogP contribution in [0.5, 0.6) is 0 Å². The molecule has 1 aromatic carbocycles. The molecule has 0 saturated heterocycles. The fourth-order valence-corrected chi connectivity index (χ4v) is 2.46. The van der Waals surface area contributed by atoms with Gasteiger partial charge >= 0.3 is 5.37 Å². The van der Waals surface area contributed by atoms with Crippen LogP contribution in [-0.2, 0) is 6.54 Å². The summed E-state index contributed by atoms with van der Waals surface area (Å²) < 4.78 is 0. The smallest absolute Gasteiger partial charge is 0.317 e. The molecule has 2 rings (SSSR count). The number of carbonyl (C=O) groups excluding carboxylic acids is 1. The fraction of sp³-hybridized carbons (Fsp3) is 0.357. The minimum Gasteiger partial charge on any atom is -0.318 e. The third kappa shape index (κ3) is 3.50. The zero-order valence-electron chi connectivity index (χ0n) is 9.98. The van der Waals surface area contributed by atoms with Crippen molar-refractivity contribution in [1.82, 2.24) is 4.90 Å². The Morgan fingerprint density at radius 3 is 2.61 bits per heavy atom. The zero-order chi connectivity index (χ0) is 13.0. The molecule has 0 heterocycles. The molecule has 0 spiro atoms. The molecule has 0 radical (unpaired) electrons. The molecule has 0 bridgehead atoms. The molecule has 0 N–H and O–H groups in total. The number of hydrogen-bond donors (Lipinski definition) is 0. The second-order valence-corrected chi connectivity index (χ2v) is 5.19. The minimum atomic E-state index is -0.401. The number of nitrogens with zero attached hydrogens (tertiary/aromatic N) is 1. The van der Waals surface area contributed by atoms with Crippen LogP contribution in [0.3, 0.4) is 0 Å². The maximum Gasteiger partial charge on any atom is 0.317 e. The van der Waals surface area contributed by atoms with Crippen molar-refractivity contribution in [2.45, 2.75) is 31.8 Å². The van der Waals surface area contributed by atoms with Crippen molar-refractivity contribution in [2.24, 2.45) is 0 Å². The highest BCUT2D eigenvalue weighted by atomic mass is 35.5. The van der Waals surface area contributed by atoms with Crippen molar-refractivity contribution >= 4 is 28.6 Å². The lowest BCUT2D eigenvalue weighted by Gasteiger charge is -2.29. The van der Waals surface area contributed by atoms with Crippen molar-refractivity contribution in [1.29, 1.82) is 0 Å². The van der Waals surface area contributed by atoms with Gasteiger partial charge in [-0.2, -0.15) is 0 Å². The Labute approximate surface area is 117 Å². The monoisotopic (exact) mass is 283 g/mol. The van der Waals surface area contributed by atoms with Crippen LogP contribution in [0.1, 0.15) is 24.8 Å². The van der Waals surface area contributed by atoms with E-state index in [-0.39, 0.29) is 6.04 Å². The average molecular weight is 284 g/mol. The quantitative estimate of drug-likeness (QED) is 0.451. The third-order valence-corrected chi connectivity index (χ3v) is 3.59. The van der Waals surface area contributed by atoms with E-state index in [9.17, 15) is 4.79 Å². The normalized spacial score (nSPS) is 18.7. The highest BCUT2D eigenvalue weighted by molar-refractivity contribution is 6.62. The molecular weight excluding hydrogens is 269 g/mol. The molecular formula is C14H15Cl2NO. The molecule has 18 heavy (non-hydrogen) atoms. The predicted molar refractivity (Wildman–Crippen MR) is 75.0 cm³/mol. The third-order valence-electron chi connectivity index (χ3n) is 3.12. The van der Waals surface area contributed by atoms with E-state index in [1.165, 1.54) is 0 Å². The maximum atomic E-state index is 11.5. The van der Waals surface area contributed by atoms with Crippen molar-refractivity contribution in [3.05, 3.63) is 47.0 Å². The number of benzene rings is 1. The van der Waals surface area contributed by atoms with Gasteiger partial charge in [0.25, 0.3) is 0 Å². The van der Waals surface area contributed by atoms with E-state index >= 15 is 0 Å². The second-order valence-electron chi connectivity index (χ2n) is 4.43. The van der Waals surface area contributed by atoms with Crippen molar-refractivity contribution in [3.63, 3.8) is 0 Å². The second kappa shape index (κ2) is 6.26. The molecule has 2 nitrogen and oxygen atoms in total. The van der Waals surface area contributed by atoms with Gasteiger partial charge in [-0.3, -0.25) is 4.79 Å². The van der Waals surface area contributed by atoms with Crippen molar-refractivity contribution in [2.75, 3.05) is 0 Å². The van der Waals surface area contributed by atoms with E-state index in [4.69, 9.17) is 23.2 Å². The van der Waals surface area contributed by atoms with Gasteiger partial charge in [-0.15, -0.1) is 0 Å². The summed E-state index contributed by atoms with van der Waals surface area (Å²) in [6, 6.07) is 7.60. The predicted octanol–water partition coefficient (Wildman–Crippen LogP) is 4.61. The number of rotatable bonds is 3. The number of allylic oxidation sites excluding steroid dienone is 1. The lowest BCUT2D eigenvalue weighted by atomic mass is 10.0. The van der Waals surface area contributed by atoms with Crippen molar-refractivity contribution in [3.8, 4) is 0 Å². The van der Waals surface area contributed by atoms with Crippen LogP contribution in [0.15, 0.2) is 36.4 Å². The minimum absolute atomic E-state index is 0.111. The Morgan fingerprint density at radius 2 is 2.06 bits per heavy atom. The Hall–Kier alpha value is -0.990. The van der Waals surface area contributed by atoms with E-state index in [0.717, 1.165) is 24.8 Å². The van der Waals surface area contributed by atoms with Crippen LogP contribution in [0.25, 0.3) is 0 Å². The summed E-state index contributed by atoms with van der Waals surface area (Å²) in [4.78, 5) is 13.2. The lowest BCUT2D eigenvalue weighted by molar-refractivity contribution is 0.201. The Bertz CT molecular complexity index is 442. The number of amides is 1. The summed E-state index contributed by atoms with van der Waals surface area (Å²) >= 11 is 11.5. The first-order valence-corrected chi connectivity index (χ1v) is 6.79. The number of hydrogen-bond acceptors (Lipinski definition) is 1. The van der Waals surface area contributed by atoms with Crippen LogP contribution < -0.4 is 0 Å². The molecule has 0 aliphatic heterocycles. The van der Waals surface area contributed by atoms with Gasteiger partial charge in [0.2, 0.25) is 0 Å². The summed E-state index contributed by atoms with van der Waals surface area (Å²) in [6.45, 7) is 0.522. The van der Waals surface area contributed by atoms with Crippen LogP contribution in [0, 0.1) is 0 Å². The SMILES string of the molecule is O=C(Cl)N(Cc1ccc(Cl)cc1)C1C=CCCC1. The molecule has 1 amide bonds. The molecule has 1 atom stereocenters. The van der Waals surface area contributed by atoms with Crippen LogP contribution >= 0.6 is 23.2 Å². The Balaban J connectivity index is 2.10. The molecule has 0 saturated carbocycles. The van der Waals surface area contributed by atoms with Gasteiger partial charge in [0.1, 0.15) is 0 Å². The van der Waals surface area contributed by atoms with E-state index < -0.39 is 5.37 Å². The summed E-state index contributed by atoms with van der Waals surface area (Å²) in [7, 11) is 0. The molecule has 1 aliphatic rings. The van der Waals surface area contributed by atoms with E-state index in [1.807, 2.05) is 24.3 Å². The molecule has 1 aromatic rings. The van der Waals surface area contributed by atoms with E-state index in [2.05, 4.69) is 12.2 Å². The van der Waals surface area contributed by atoms with Gasteiger partial charge in [-0.25, -0.2) is 0 Å². The Kier molecular flexibility index (Phi) is 4.67. The fourth-order valence-electron chi connectivity index (χ4n) is 2.15. The van der Waals surface area contributed by atoms with E-state index in [1.54, 1.807) is 4.90 Å². The highest BCUT2D eigenvalue weighted by Crippen LogP contribution is 2.21. The van der Waals surface area contributed by atoms with Gasteiger partial charge in [0.15, 0.2) is 0 Å². The van der Waals surface area contributed by atoms with Crippen molar-refractivity contribution < 1.29 is 4.79 Å². The topological polar surface area (TPSA) is 20.3 Å². The average Bonchev–Trinajstić information content (AvgIpc) is 2.38. The van der Waals surface area contributed by atoms with Gasteiger partial charge in [-0.1, -0.05) is 35.9 Å². The zero-order valence-corrected chi connectivity index (χ0v) is 11.5. The first kappa shape index (κ1) is 13.4. The molecule has 96 valence electrons. The van der Waals surface area contributed by atoms with Gasteiger partial charge in [0.05, 0.1) is 6.04 Å². The lowest BCUT2D eigenvalue weighted by Crippen LogP contribution is -2.36. The summed E-state index contributed by atoms with van der Waals surface area (Å²) in [5.41, 5.74) is 1.03. The maximum absolute atomic E-state index is 11.5. The summed E-state index contributed by atoms with van der Waals surface area (Å²) in [5, 5.41) is 0.293. The van der Waals surface area contributed by atoms with Gasteiger partial charge in [0, 0.05) is 11.6 Å².